The van der Waals surface area contributed by atoms with Gasteiger partial charge in [-0.1, -0.05) is 19.4 Å². The van der Waals surface area contributed by atoms with Crippen molar-refractivity contribution in [3.8, 4) is 0 Å². The van der Waals surface area contributed by atoms with E-state index in [0.29, 0.717) is 12.8 Å². The Morgan fingerprint density at radius 2 is 2.35 bits per heavy atom. The van der Waals surface area contributed by atoms with Gasteiger partial charge in [0.1, 0.15) is 6.04 Å². The van der Waals surface area contributed by atoms with Crippen molar-refractivity contribution in [3.63, 3.8) is 0 Å². The molecule has 1 aromatic rings. The Morgan fingerprint density at radius 3 is 2.88 bits per heavy atom. The van der Waals surface area contributed by atoms with E-state index in [4.69, 9.17) is 5.11 Å². The van der Waals surface area contributed by atoms with E-state index in [1.165, 1.54) is 17.4 Å². The van der Waals surface area contributed by atoms with Crippen LogP contribution in [-0.4, -0.2) is 23.0 Å². The number of amides is 1. The van der Waals surface area contributed by atoms with Gasteiger partial charge in [-0.3, -0.25) is 4.79 Å². The SMILES string of the molecule is CCC[C@@H](NC(=O)/C=C/c1cccs1)C(=O)O. The molecule has 17 heavy (non-hydrogen) atoms. The van der Waals surface area contributed by atoms with E-state index in [0.717, 1.165) is 4.88 Å². The molecular formula is C12H15NO3S. The lowest BCUT2D eigenvalue weighted by Crippen LogP contribution is -2.39. The number of thiophene rings is 1. The molecule has 0 unspecified atom stereocenters. The van der Waals surface area contributed by atoms with Gasteiger partial charge in [0.2, 0.25) is 5.91 Å². The smallest absolute Gasteiger partial charge is 0.326 e. The Hall–Kier alpha value is -1.62. The Balaban J connectivity index is 2.50. The number of carboxylic acids is 1. The van der Waals surface area contributed by atoms with Gasteiger partial charge < -0.3 is 10.4 Å². The molecule has 5 heteroatoms. The van der Waals surface area contributed by atoms with Crippen LogP contribution >= 0.6 is 11.3 Å². The van der Waals surface area contributed by atoms with Crippen LogP contribution in [0, 0.1) is 0 Å². The highest BCUT2D eigenvalue weighted by atomic mass is 32.1. The predicted molar refractivity (Wildman–Crippen MR) is 67.8 cm³/mol. The first kappa shape index (κ1) is 13.4. The maximum absolute atomic E-state index is 11.5. The van der Waals surface area contributed by atoms with Crippen LogP contribution in [0.4, 0.5) is 0 Å². The van der Waals surface area contributed by atoms with E-state index in [2.05, 4.69) is 5.32 Å². The predicted octanol–water partition coefficient (Wildman–Crippen LogP) is 2.13. The number of hydrogen-bond donors (Lipinski definition) is 2. The number of carbonyl (C=O) groups is 2. The van der Waals surface area contributed by atoms with Crippen LogP contribution < -0.4 is 5.32 Å². The second-order valence-corrected chi connectivity index (χ2v) is 4.52. The maximum Gasteiger partial charge on any atom is 0.326 e. The van der Waals surface area contributed by atoms with Crippen LogP contribution in [0.15, 0.2) is 23.6 Å². The summed E-state index contributed by atoms with van der Waals surface area (Å²) in [6.07, 6.45) is 4.18. The molecule has 1 atom stereocenters. The molecule has 92 valence electrons. The van der Waals surface area contributed by atoms with E-state index >= 15 is 0 Å². The average Bonchev–Trinajstić information content (AvgIpc) is 2.78. The highest BCUT2D eigenvalue weighted by molar-refractivity contribution is 7.10. The summed E-state index contributed by atoms with van der Waals surface area (Å²) >= 11 is 1.52. The maximum atomic E-state index is 11.5. The van der Waals surface area contributed by atoms with Crippen molar-refractivity contribution in [2.75, 3.05) is 0 Å². The lowest BCUT2D eigenvalue weighted by molar-refractivity contribution is -0.141. The first-order chi connectivity index (χ1) is 8.13. The van der Waals surface area contributed by atoms with Crippen molar-refractivity contribution in [3.05, 3.63) is 28.5 Å². The summed E-state index contributed by atoms with van der Waals surface area (Å²) in [6, 6.07) is 2.97. The number of aliphatic carboxylic acids is 1. The molecule has 0 aliphatic heterocycles. The van der Waals surface area contributed by atoms with Crippen LogP contribution in [-0.2, 0) is 9.59 Å². The van der Waals surface area contributed by atoms with Crippen LogP contribution in [0.3, 0.4) is 0 Å². The van der Waals surface area contributed by atoms with Crippen molar-refractivity contribution < 1.29 is 14.7 Å². The lowest BCUT2D eigenvalue weighted by Gasteiger charge is -2.11. The van der Waals surface area contributed by atoms with Gasteiger partial charge in [-0.25, -0.2) is 4.79 Å². The number of carboxylic acid groups (broad SMARTS) is 1. The van der Waals surface area contributed by atoms with Crippen molar-refractivity contribution in [2.45, 2.75) is 25.8 Å². The van der Waals surface area contributed by atoms with E-state index in [1.807, 2.05) is 24.4 Å². The molecule has 0 spiro atoms. The Bertz CT molecular complexity index is 398. The summed E-state index contributed by atoms with van der Waals surface area (Å²) < 4.78 is 0. The van der Waals surface area contributed by atoms with Gasteiger partial charge in [-0.15, -0.1) is 11.3 Å². The molecule has 0 aromatic carbocycles. The standard InChI is InChI=1S/C12H15NO3S/c1-2-4-10(12(15)16)13-11(14)7-6-9-5-3-8-17-9/h3,5-8,10H,2,4H2,1H3,(H,13,14)(H,15,16)/b7-6+/t10-/m1/s1. The molecule has 0 aliphatic carbocycles. The molecule has 0 bridgehead atoms. The molecule has 0 saturated carbocycles. The fourth-order valence-electron chi connectivity index (χ4n) is 1.31. The Labute approximate surface area is 104 Å². The van der Waals surface area contributed by atoms with Gasteiger partial charge in [0.15, 0.2) is 0 Å². The van der Waals surface area contributed by atoms with Gasteiger partial charge in [0.25, 0.3) is 0 Å². The van der Waals surface area contributed by atoms with Crippen LogP contribution in [0.5, 0.6) is 0 Å². The molecule has 2 N–H and O–H groups in total. The number of nitrogens with one attached hydrogen (secondary N) is 1. The second-order valence-electron chi connectivity index (χ2n) is 3.54. The zero-order valence-electron chi connectivity index (χ0n) is 9.55. The van der Waals surface area contributed by atoms with Gasteiger partial charge in [-0.05, 0) is 23.9 Å². The van der Waals surface area contributed by atoms with Crippen molar-refractivity contribution in [1.82, 2.24) is 5.32 Å². The first-order valence-electron chi connectivity index (χ1n) is 5.38. The number of rotatable bonds is 6. The zero-order chi connectivity index (χ0) is 12.7. The largest absolute Gasteiger partial charge is 0.480 e. The minimum atomic E-state index is -0.996. The molecule has 1 aromatic heterocycles. The first-order valence-corrected chi connectivity index (χ1v) is 6.26. The third-order valence-corrected chi connectivity index (χ3v) is 2.97. The minimum Gasteiger partial charge on any atom is -0.480 e. The summed E-state index contributed by atoms with van der Waals surface area (Å²) in [7, 11) is 0. The monoisotopic (exact) mass is 253 g/mol. The zero-order valence-corrected chi connectivity index (χ0v) is 10.4. The Kier molecular flexibility index (Phi) is 5.42. The second kappa shape index (κ2) is 6.85. The third-order valence-electron chi connectivity index (χ3n) is 2.13. The van der Waals surface area contributed by atoms with Gasteiger partial charge in [-0.2, -0.15) is 0 Å². The molecular weight excluding hydrogens is 238 g/mol. The van der Waals surface area contributed by atoms with E-state index in [9.17, 15) is 9.59 Å². The summed E-state index contributed by atoms with van der Waals surface area (Å²) in [6.45, 7) is 1.88. The summed E-state index contributed by atoms with van der Waals surface area (Å²) in [4.78, 5) is 23.3. The van der Waals surface area contributed by atoms with Gasteiger partial charge in [0.05, 0.1) is 0 Å². The summed E-state index contributed by atoms with van der Waals surface area (Å²) in [5.74, 6) is -1.37. The number of carbonyl (C=O) groups excluding carboxylic acids is 1. The normalized spacial score (nSPS) is 12.5. The molecule has 1 rings (SSSR count). The number of hydrogen-bond acceptors (Lipinski definition) is 3. The molecule has 0 saturated heterocycles. The van der Waals surface area contributed by atoms with Gasteiger partial charge >= 0.3 is 5.97 Å². The van der Waals surface area contributed by atoms with Crippen LogP contribution in [0.25, 0.3) is 6.08 Å². The van der Waals surface area contributed by atoms with Gasteiger partial charge in [0, 0.05) is 11.0 Å². The van der Waals surface area contributed by atoms with E-state index in [-0.39, 0.29) is 5.91 Å². The van der Waals surface area contributed by atoms with Crippen molar-refractivity contribution in [1.29, 1.82) is 0 Å². The fraction of sp³-hybridized carbons (Fsp3) is 0.333. The quantitative estimate of drug-likeness (QED) is 0.763. The van der Waals surface area contributed by atoms with Crippen molar-refractivity contribution >= 4 is 29.3 Å². The highest BCUT2D eigenvalue weighted by Crippen LogP contribution is 2.09. The molecule has 1 amide bonds. The van der Waals surface area contributed by atoms with E-state index in [1.54, 1.807) is 6.08 Å². The summed E-state index contributed by atoms with van der Waals surface area (Å²) in [5.41, 5.74) is 0. The molecule has 0 aliphatic rings. The molecule has 0 fully saturated rings. The molecule has 4 nitrogen and oxygen atoms in total. The third kappa shape index (κ3) is 4.82. The topological polar surface area (TPSA) is 66.4 Å². The van der Waals surface area contributed by atoms with Crippen LogP contribution in [0.1, 0.15) is 24.6 Å². The molecule has 0 radical (unpaired) electrons. The van der Waals surface area contributed by atoms with Crippen LogP contribution in [0.2, 0.25) is 0 Å². The summed E-state index contributed by atoms with van der Waals surface area (Å²) in [5, 5.41) is 13.2. The highest BCUT2D eigenvalue weighted by Gasteiger charge is 2.17. The van der Waals surface area contributed by atoms with Crippen molar-refractivity contribution in [2.24, 2.45) is 0 Å². The molecule has 1 heterocycles. The Morgan fingerprint density at radius 1 is 1.59 bits per heavy atom. The average molecular weight is 253 g/mol. The lowest BCUT2D eigenvalue weighted by atomic mass is 10.1. The minimum absolute atomic E-state index is 0.376. The fourth-order valence-corrected chi connectivity index (χ4v) is 1.93. The van der Waals surface area contributed by atoms with E-state index < -0.39 is 12.0 Å².